The second-order valence-corrected chi connectivity index (χ2v) is 6.74. The van der Waals surface area contributed by atoms with E-state index in [0.29, 0.717) is 25.6 Å². The highest BCUT2D eigenvalue weighted by molar-refractivity contribution is 7.89. The van der Waals surface area contributed by atoms with Crippen molar-refractivity contribution >= 4 is 10.0 Å². The smallest absolute Gasteiger partial charge is 0.262 e. The number of imidazole rings is 1. The van der Waals surface area contributed by atoms with Crippen LogP contribution in [0.2, 0.25) is 0 Å². The quantitative estimate of drug-likeness (QED) is 0.823. The third kappa shape index (κ3) is 2.88. The van der Waals surface area contributed by atoms with E-state index in [9.17, 15) is 8.42 Å². The zero-order valence-corrected chi connectivity index (χ0v) is 12.8. The van der Waals surface area contributed by atoms with Crippen molar-refractivity contribution < 1.29 is 13.2 Å². The molecule has 0 spiro atoms. The van der Waals surface area contributed by atoms with Crippen LogP contribution in [0.5, 0.6) is 0 Å². The predicted octanol–water partition coefficient (Wildman–Crippen LogP) is -0.0503. The van der Waals surface area contributed by atoms with Gasteiger partial charge in [-0.15, -0.1) is 0 Å². The van der Waals surface area contributed by atoms with Gasteiger partial charge in [-0.05, 0) is 13.3 Å². The molecule has 1 fully saturated rings. The topological polar surface area (TPSA) is 90.5 Å². The monoisotopic (exact) mass is 302 g/mol. The summed E-state index contributed by atoms with van der Waals surface area (Å²) in [4.78, 5) is 4.20. The van der Waals surface area contributed by atoms with Gasteiger partial charge in [0, 0.05) is 25.8 Å². The van der Waals surface area contributed by atoms with Crippen LogP contribution < -0.4 is 5.73 Å². The van der Waals surface area contributed by atoms with E-state index < -0.39 is 10.0 Å². The normalized spacial score (nSPS) is 21.2. The Balaban J connectivity index is 2.31. The van der Waals surface area contributed by atoms with Gasteiger partial charge in [0.1, 0.15) is 5.82 Å². The molecule has 1 aromatic rings. The van der Waals surface area contributed by atoms with E-state index in [1.54, 1.807) is 6.20 Å². The van der Waals surface area contributed by atoms with Crippen LogP contribution in [0.15, 0.2) is 11.2 Å². The summed E-state index contributed by atoms with van der Waals surface area (Å²) in [5, 5.41) is 0.101. The molecule has 0 bridgehead atoms. The number of sulfonamides is 1. The molecule has 2 rings (SSSR count). The molecule has 1 atom stereocenters. The standard InChI is InChI=1S/C12H22N4O3S/c1-3-4-15-8-12(14-10(15)2)20(17,18)16-5-6-19-9-11(16)7-13/h8,11H,3-7,9,13H2,1-2H3. The maximum atomic E-state index is 12.7. The first-order valence-electron chi connectivity index (χ1n) is 6.84. The van der Waals surface area contributed by atoms with Crippen LogP contribution in [0, 0.1) is 6.92 Å². The largest absolute Gasteiger partial charge is 0.378 e. The second kappa shape index (κ2) is 6.21. The number of hydrogen-bond acceptors (Lipinski definition) is 5. The Morgan fingerprint density at radius 1 is 1.55 bits per heavy atom. The number of aryl methyl sites for hydroxylation is 2. The summed E-state index contributed by atoms with van der Waals surface area (Å²) in [6, 6.07) is -0.314. The first-order chi connectivity index (χ1) is 9.50. The maximum absolute atomic E-state index is 12.7. The molecule has 1 aromatic heterocycles. The van der Waals surface area contributed by atoms with Crippen molar-refractivity contribution in [2.24, 2.45) is 5.73 Å². The van der Waals surface area contributed by atoms with Crippen molar-refractivity contribution in [2.45, 2.75) is 37.9 Å². The fourth-order valence-electron chi connectivity index (χ4n) is 2.33. The minimum absolute atomic E-state index is 0.101. The van der Waals surface area contributed by atoms with Gasteiger partial charge >= 0.3 is 0 Å². The Kier molecular flexibility index (Phi) is 4.79. The number of morpholine rings is 1. The first-order valence-corrected chi connectivity index (χ1v) is 8.28. The molecule has 114 valence electrons. The highest BCUT2D eigenvalue weighted by atomic mass is 32.2. The van der Waals surface area contributed by atoms with Crippen molar-refractivity contribution in [3.05, 3.63) is 12.0 Å². The Hall–Kier alpha value is -0.960. The Morgan fingerprint density at radius 2 is 2.30 bits per heavy atom. The van der Waals surface area contributed by atoms with Gasteiger partial charge < -0.3 is 15.0 Å². The van der Waals surface area contributed by atoms with Crippen LogP contribution in [0.1, 0.15) is 19.2 Å². The van der Waals surface area contributed by atoms with Crippen LogP contribution in [0.3, 0.4) is 0 Å². The SMILES string of the molecule is CCCn1cc(S(=O)(=O)N2CCOCC2CN)nc1C. The molecule has 1 aliphatic rings. The Morgan fingerprint density at radius 3 is 2.95 bits per heavy atom. The third-order valence-electron chi connectivity index (χ3n) is 3.44. The van der Waals surface area contributed by atoms with E-state index in [1.165, 1.54) is 4.31 Å². The van der Waals surface area contributed by atoms with Gasteiger partial charge in [0.2, 0.25) is 0 Å². The van der Waals surface area contributed by atoms with Crippen LogP contribution in [-0.4, -0.2) is 54.6 Å². The zero-order chi connectivity index (χ0) is 14.8. The van der Waals surface area contributed by atoms with Crippen LogP contribution >= 0.6 is 0 Å². The summed E-state index contributed by atoms with van der Waals surface area (Å²) in [6.07, 6.45) is 2.54. The van der Waals surface area contributed by atoms with Crippen molar-refractivity contribution in [1.29, 1.82) is 0 Å². The lowest BCUT2D eigenvalue weighted by molar-refractivity contribution is 0.0357. The van der Waals surface area contributed by atoms with E-state index in [2.05, 4.69) is 4.98 Å². The number of ether oxygens (including phenoxy) is 1. The number of aromatic nitrogens is 2. The van der Waals surface area contributed by atoms with Crippen molar-refractivity contribution in [1.82, 2.24) is 13.9 Å². The molecule has 0 amide bonds. The van der Waals surface area contributed by atoms with Gasteiger partial charge in [-0.1, -0.05) is 6.92 Å². The second-order valence-electron chi connectivity index (χ2n) is 4.90. The molecule has 8 heteroatoms. The molecule has 0 saturated carbocycles. The molecular formula is C12H22N4O3S. The minimum Gasteiger partial charge on any atom is -0.378 e. The Bertz CT molecular complexity index is 555. The molecule has 0 aliphatic carbocycles. The minimum atomic E-state index is -3.60. The highest BCUT2D eigenvalue weighted by Gasteiger charge is 2.35. The predicted molar refractivity (Wildman–Crippen MR) is 74.8 cm³/mol. The van der Waals surface area contributed by atoms with Gasteiger partial charge in [-0.25, -0.2) is 13.4 Å². The lowest BCUT2D eigenvalue weighted by Crippen LogP contribution is -2.51. The van der Waals surface area contributed by atoms with Gasteiger partial charge in [0.05, 0.1) is 19.3 Å². The van der Waals surface area contributed by atoms with E-state index in [4.69, 9.17) is 10.5 Å². The summed E-state index contributed by atoms with van der Waals surface area (Å²) < 4.78 is 33.9. The molecule has 1 unspecified atom stereocenters. The summed E-state index contributed by atoms with van der Waals surface area (Å²) >= 11 is 0. The molecule has 1 saturated heterocycles. The van der Waals surface area contributed by atoms with Crippen LogP contribution in [0.25, 0.3) is 0 Å². The highest BCUT2D eigenvalue weighted by Crippen LogP contribution is 2.20. The maximum Gasteiger partial charge on any atom is 0.262 e. The molecular weight excluding hydrogens is 280 g/mol. The Labute approximate surface area is 119 Å². The summed E-state index contributed by atoms with van der Waals surface area (Å²) in [6.45, 7) is 5.92. The van der Waals surface area contributed by atoms with Gasteiger partial charge in [0.15, 0.2) is 5.03 Å². The molecule has 7 nitrogen and oxygen atoms in total. The number of rotatable bonds is 5. The molecule has 2 heterocycles. The molecule has 2 N–H and O–H groups in total. The molecule has 0 aromatic carbocycles. The van der Waals surface area contributed by atoms with E-state index in [1.807, 2.05) is 18.4 Å². The fourth-order valence-corrected chi connectivity index (χ4v) is 3.94. The lowest BCUT2D eigenvalue weighted by Gasteiger charge is -2.33. The fraction of sp³-hybridized carbons (Fsp3) is 0.750. The number of nitrogens with two attached hydrogens (primary N) is 1. The molecule has 20 heavy (non-hydrogen) atoms. The van der Waals surface area contributed by atoms with Crippen molar-refractivity contribution in [2.75, 3.05) is 26.3 Å². The number of nitrogens with zero attached hydrogens (tertiary/aromatic N) is 3. The first kappa shape index (κ1) is 15.4. The zero-order valence-electron chi connectivity index (χ0n) is 11.9. The van der Waals surface area contributed by atoms with Gasteiger partial charge in [-0.2, -0.15) is 4.31 Å². The van der Waals surface area contributed by atoms with Gasteiger partial charge in [0.25, 0.3) is 10.0 Å². The van der Waals surface area contributed by atoms with Crippen LogP contribution in [0.4, 0.5) is 0 Å². The van der Waals surface area contributed by atoms with E-state index in [-0.39, 0.29) is 17.6 Å². The molecule has 1 aliphatic heterocycles. The van der Waals surface area contributed by atoms with E-state index >= 15 is 0 Å². The van der Waals surface area contributed by atoms with Crippen LogP contribution in [-0.2, 0) is 21.3 Å². The van der Waals surface area contributed by atoms with Crippen molar-refractivity contribution in [3.8, 4) is 0 Å². The average Bonchev–Trinajstić information content (AvgIpc) is 2.81. The molecule has 0 radical (unpaired) electrons. The van der Waals surface area contributed by atoms with Crippen molar-refractivity contribution in [3.63, 3.8) is 0 Å². The number of hydrogen-bond donors (Lipinski definition) is 1. The van der Waals surface area contributed by atoms with E-state index in [0.717, 1.165) is 13.0 Å². The summed E-state index contributed by atoms with van der Waals surface area (Å²) in [5.74, 6) is 0.711. The lowest BCUT2D eigenvalue weighted by atomic mass is 10.3. The average molecular weight is 302 g/mol. The summed E-state index contributed by atoms with van der Waals surface area (Å²) in [5.41, 5.74) is 5.64. The third-order valence-corrected chi connectivity index (χ3v) is 5.26. The van der Waals surface area contributed by atoms with Gasteiger partial charge in [-0.3, -0.25) is 0 Å². The summed E-state index contributed by atoms with van der Waals surface area (Å²) in [7, 11) is -3.60.